The van der Waals surface area contributed by atoms with Gasteiger partial charge in [-0.1, -0.05) is 282 Å². The zero-order valence-corrected chi connectivity index (χ0v) is 76.5. The van der Waals surface area contributed by atoms with Crippen molar-refractivity contribution in [2.75, 3.05) is 34.7 Å². The molecule has 0 aromatic heterocycles. The first-order valence-corrected chi connectivity index (χ1v) is 32.0. The van der Waals surface area contributed by atoms with E-state index in [0.717, 1.165) is 18.9 Å². The fourth-order valence-corrected chi connectivity index (χ4v) is 15.9. The monoisotopic (exact) mass is 1370 g/mol. The molecule has 15 nitrogen and oxygen atoms in total. The molecule has 0 bridgehead atoms. The number of aliphatic carboxylic acids is 2. The molecule has 2 fully saturated rings. The van der Waals surface area contributed by atoms with Crippen LogP contribution in [0.15, 0.2) is 12.7 Å². The zero-order chi connectivity index (χ0) is 69.3. The first kappa shape index (κ1) is 115. The Kier molecular flexibility index (Phi) is 57.9. The Bertz CT molecular complexity index is 1800. The van der Waals surface area contributed by atoms with Gasteiger partial charge in [0, 0.05) is 30.4 Å². The summed E-state index contributed by atoms with van der Waals surface area (Å²) in [6.07, 6.45) is 3.22. The van der Waals surface area contributed by atoms with Gasteiger partial charge in [0.25, 0.3) is 0 Å². The molecule has 532 valence electrons. The summed E-state index contributed by atoms with van der Waals surface area (Å²) in [5, 5.41) is 36.2. The summed E-state index contributed by atoms with van der Waals surface area (Å²) in [7, 11) is 7.80. The Hall–Kier alpha value is 2.25. The van der Waals surface area contributed by atoms with Gasteiger partial charge in [-0.05, 0) is 78.1 Å². The van der Waals surface area contributed by atoms with Crippen LogP contribution >= 0.6 is 0 Å². The van der Waals surface area contributed by atoms with E-state index in [1.807, 2.05) is 62.8 Å². The standard InChI is InChI=1S/C17H28O4.C15H26NO4.C10H23N.3C10H22N.CH4.3K.2H2N/c1-8-12(18)21-17(14(19)20)10-9-11(15(2,3)4)13(17)16(5,6)7;1-9(2)11-5-7-15(14(18)19,13(11)10(3)4)20-12(17)6-8-16;4*1-9(2,3)8(11-7)10(4,5)6;;;;;;/h8,11,13H,1,9-10H2,2-7H3,(H,19,20);9-11,13,16H,5-8H2,1-4H3,(H,18,19);8,11H,1-7H3;3*8H,1-7H3;1H4;;;;2*1H2/q;-1;;3*-1;;3*+1;2*-1/t11?,13?,17-;11?,13?,15-;;;;;;;;;;/m11........../s1. The van der Waals surface area contributed by atoms with E-state index in [-0.39, 0.29) is 260 Å². The van der Waals surface area contributed by atoms with Crippen molar-refractivity contribution < 1.29 is 193 Å². The van der Waals surface area contributed by atoms with Crippen LogP contribution in [0.5, 0.6) is 0 Å². The molecule has 0 aliphatic heterocycles. The molecule has 0 amide bonds. The van der Waals surface area contributed by atoms with Crippen LogP contribution in [0, 0.1) is 89.7 Å². The molecular weight excluding hydrogens is 1220 g/mol. The molecule has 2 aliphatic rings. The Morgan fingerprint density at radius 2 is 0.824 bits per heavy atom. The third kappa shape index (κ3) is 39.9. The molecule has 0 aromatic carbocycles. The smallest absolute Gasteiger partial charge is 0.693 e. The average Bonchev–Trinajstić information content (AvgIpc) is 3.83. The van der Waals surface area contributed by atoms with Crippen LogP contribution in [0.25, 0.3) is 34.0 Å². The molecule has 0 radical (unpaired) electrons. The van der Waals surface area contributed by atoms with Gasteiger partial charge in [-0.3, -0.25) is 4.79 Å². The molecule has 18 heteroatoms. The van der Waals surface area contributed by atoms with E-state index in [4.69, 9.17) is 15.2 Å². The van der Waals surface area contributed by atoms with Gasteiger partial charge in [0.05, 0.1) is 0 Å². The number of nitrogens with one attached hydrogen (secondary N) is 2. The molecule has 0 saturated heterocycles. The van der Waals surface area contributed by atoms with E-state index >= 15 is 0 Å². The molecule has 91 heavy (non-hydrogen) atoms. The molecule has 0 aromatic rings. The average molecular weight is 1370 g/mol. The molecule has 4 unspecified atom stereocenters. The van der Waals surface area contributed by atoms with Gasteiger partial charge < -0.3 is 59.0 Å². The van der Waals surface area contributed by atoms with E-state index in [1.165, 1.54) is 0 Å². The van der Waals surface area contributed by atoms with E-state index in [9.17, 15) is 29.4 Å². The number of nitrogens with zero attached hydrogens (tertiary/aromatic N) is 3. The van der Waals surface area contributed by atoms with Crippen molar-refractivity contribution >= 4 is 23.9 Å². The minimum atomic E-state index is -1.46. The molecule has 2 aliphatic carbocycles. The minimum absolute atomic E-state index is 0. The first-order valence-electron chi connectivity index (χ1n) is 32.0. The quantitative estimate of drug-likeness (QED) is 0.0897. The molecular formula is C73H151K3N7O8-3. The van der Waals surface area contributed by atoms with Crippen LogP contribution in [0.1, 0.15) is 275 Å². The Morgan fingerprint density at radius 3 is 0.989 bits per heavy atom. The number of carbonyl (C=O) groups excluding carboxylic acids is 2. The van der Waals surface area contributed by atoms with E-state index in [0.29, 0.717) is 53.8 Å². The van der Waals surface area contributed by atoms with Crippen LogP contribution < -0.4 is 159 Å². The summed E-state index contributed by atoms with van der Waals surface area (Å²) in [6.45, 7) is 77.9. The minimum Gasteiger partial charge on any atom is -0.693 e. The number of carboxylic acids is 2. The summed E-state index contributed by atoms with van der Waals surface area (Å²) in [4.78, 5) is 47.3. The van der Waals surface area contributed by atoms with Gasteiger partial charge in [0.15, 0.2) is 0 Å². The molecule has 2 saturated carbocycles. The Balaban J connectivity index is -0.000000110. The molecule has 0 spiro atoms. The van der Waals surface area contributed by atoms with Crippen LogP contribution in [0.2, 0.25) is 0 Å². The van der Waals surface area contributed by atoms with Crippen molar-refractivity contribution in [3.8, 4) is 0 Å². The summed E-state index contributed by atoms with van der Waals surface area (Å²) in [5.74, 6) is -2.84. The second kappa shape index (κ2) is 46.0. The number of nitrogens with two attached hydrogens (primary N) is 2. The maximum atomic E-state index is 12.0. The van der Waals surface area contributed by atoms with Crippen LogP contribution in [-0.2, 0) is 28.7 Å². The number of carboxylic acid groups (broad SMARTS) is 2. The maximum absolute atomic E-state index is 12.0. The van der Waals surface area contributed by atoms with Gasteiger partial charge >= 0.3 is 178 Å². The molecule has 8 N–H and O–H groups in total. The van der Waals surface area contributed by atoms with E-state index < -0.39 is 35.1 Å². The van der Waals surface area contributed by atoms with Gasteiger partial charge in [0.1, 0.15) is 0 Å². The fourth-order valence-electron chi connectivity index (χ4n) is 15.9. The van der Waals surface area contributed by atoms with Gasteiger partial charge in [-0.25, -0.2) is 14.4 Å². The maximum Gasteiger partial charge on any atom is 1.00 e. The van der Waals surface area contributed by atoms with Crippen molar-refractivity contribution in [1.82, 2.24) is 5.32 Å². The normalized spacial score (nSPS) is 20.4. The number of rotatable bonds is 13. The molecule has 0 heterocycles. The summed E-state index contributed by atoms with van der Waals surface area (Å²) in [5.41, 5.74) is 6.27. The number of hydrogen-bond donors (Lipinski definition) is 3. The van der Waals surface area contributed by atoms with Crippen LogP contribution in [0.3, 0.4) is 0 Å². The van der Waals surface area contributed by atoms with Crippen molar-refractivity contribution in [2.45, 2.75) is 310 Å². The Labute approximate surface area is 693 Å². The van der Waals surface area contributed by atoms with E-state index in [2.05, 4.69) is 229 Å². The fraction of sp³-hybridized carbons (Fsp3) is 0.918. The van der Waals surface area contributed by atoms with Crippen molar-refractivity contribution in [3.05, 3.63) is 46.6 Å². The zero-order valence-electron chi connectivity index (χ0n) is 67.1. The van der Waals surface area contributed by atoms with Crippen molar-refractivity contribution in [3.63, 3.8) is 0 Å². The summed E-state index contributed by atoms with van der Waals surface area (Å²) in [6, 6.07) is 1.88. The largest absolute Gasteiger partial charge is 1.00 e. The number of ether oxygens (including phenoxy) is 2. The van der Waals surface area contributed by atoms with Crippen molar-refractivity contribution in [2.24, 2.45) is 89.7 Å². The second-order valence-corrected chi connectivity index (χ2v) is 36.2. The van der Waals surface area contributed by atoms with Gasteiger partial charge in [0.2, 0.25) is 11.2 Å². The molecule has 2 rings (SSSR count). The number of carbonyl (C=O) groups is 4. The first-order chi connectivity index (χ1) is 37.4. The van der Waals surface area contributed by atoms with Gasteiger partial charge in [-0.15, -0.1) is 24.7 Å². The van der Waals surface area contributed by atoms with Crippen molar-refractivity contribution in [1.29, 1.82) is 0 Å². The molecule has 6 atom stereocenters. The van der Waals surface area contributed by atoms with Gasteiger partial charge in [-0.2, -0.15) is 21.1 Å². The third-order valence-corrected chi connectivity index (χ3v) is 16.7. The predicted molar refractivity (Wildman–Crippen MR) is 383 cm³/mol. The number of hydrogen-bond acceptors (Lipinski definition) is 7. The second-order valence-electron chi connectivity index (χ2n) is 36.2. The summed E-state index contributed by atoms with van der Waals surface area (Å²) >= 11 is 0. The van der Waals surface area contributed by atoms with E-state index in [1.54, 1.807) is 0 Å². The van der Waals surface area contributed by atoms with Crippen LogP contribution in [-0.4, -0.2) is 104 Å². The predicted octanol–water partition coefficient (Wildman–Crippen LogP) is 12.9. The van der Waals surface area contributed by atoms with Crippen LogP contribution in [0.4, 0.5) is 0 Å². The Morgan fingerprint density at radius 1 is 0.527 bits per heavy atom. The number of esters is 2. The topological polar surface area (TPSA) is 272 Å². The summed E-state index contributed by atoms with van der Waals surface area (Å²) < 4.78 is 10.8. The SMILES string of the molecule is C.C=CC(=O)O[C@]1(C(=O)O)CCC(C(C)(C)C)C1C(C)(C)C.CC(C)C1CC[C@](OC(=O)CC[NH-])(C(=O)O)C1C(C)C.CNC(C(C)(C)C)C(C)(C)C.C[N-]C(C(C)(C)C)C(C)(C)C.C[N-]C(C(C)(C)C)C(C)(C)C.C[N-]C(C(C)(C)C)C(C)(C)C.[K+].[K+].[K+].[NH2-].[NH2-]. The third-order valence-electron chi connectivity index (χ3n) is 16.7.